The maximum absolute atomic E-state index is 13.3. The highest BCUT2D eigenvalue weighted by atomic mass is 19.1. The van der Waals surface area contributed by atoms with Gasteiger partial charge in [0.25, 0.3) is 5.91 Å². The van der Waals surface area contributed by atoms with Gasteiger partial charge in [-0.25, -0.2) is 4.39 Å². The summed E-state index contributed by atoms with van der Waals surface area (Å²) in [7, 11) is 1.73. The number of rotatable bonds is 2. The fourth-order valence-corrected chi connectivity index (χ4v) is 2.56. The van der Waals surface area contributed by atoms with Crippen LogP contribution in [0.1, 0.15) is 42.1 Å². The summed E-state index contributed by atoms with van der Waals surface area (Å²) < 4.78 is 13.3. The van der Waals surface area contributed by atoms with Crippen molar-refractivity contribution in [2.75, 3.05) is 13.6 Å². The first-order valence-corrected chi connectivity index (χ1v) is 6.05. The Morgan fingerprint density at radius 2 is 2.17 bits per heavy atom. The van der Waals surface area contributed by atoms with Crippen molar-refractivity contribution < 1.29 is 14.3 Å². The third-order valence-electron chi connectivity index (χ3n) is 3.27. The molecule has 4 heteroatoms. The fourth-order valence-electron chi connectivity index (χ4n) is 2.56. The molecule has 1 aromatic rings. The third kappa shape index (κ3) is 2.53. The average Bonchev–Trinajstić information content (AvgIpc) is 2.23. The summed E-state index contributed by atoms with van der Waals surface area (Å²) in [6.07, 6.45) is 0.501. The molecule has 1 aliphatic rings. The summed E-state index contributed by atoms with van der Waals surface area (Å²) in [6.45, 7) is 3.96. The van der Waals surface area contributed by atoms with Crippen LogP contribution in [0.3, 0.4) is 0 Å². The van der Waals surface area contributed by atoms with E-state index in [1.165, 1.54) is 18.2 Å². The highest BCUT2D eigenvalue weighted by molar-refractivity contribution is 5.96. The number of halogens is 1. The molecule has 0 saturated carbocycles. The quantitative estimate of drug-likeness (QED) is 0.875. The molecule has 0 bridgehead atoms. The monoisotopic (exact) mass is 251 g/mol. The molecule has 1 amide bonds. The van der Waals surface area contributed by atoms with Crippen LogP contribution < -0.4 is 0 Å². The fraction of sp³-hybridized carbons (Fsp3) is 0.500. The third-order valence-corrected chi connectivity index (χ3v) is 3.27. The molecule has 2 rings (SSSR count). The smallest absolute Gasteiger partial charge is 0.253 e. The van der Waals surface area contributed by atoms with Crippen molar-refractivity contribution in [3.05, 3.63) is 35.1 Å². The van der Waals surface area contributed by atoms with E-state index in [0.29, 0.717) is 24.1 Å². The highest BCUT2D eigenvalue weighted by Crippen LogP contribution is 2.33. The van der Waals surface area contributed by atoms with E-state index in [-0.39, 0.29) is 17.6 Å². The molecule has 0 aliphatic carbocycles. The molecule has 0 fully saturated rings. The minimum atomic E-state index is -0.838. The molecular formula is C14H18FNO2. The van der Waals surface area contributed by atoms with Crippen LogP contribution in [-0.4, -0.2) is 35.1 Å². The van der Waals surface area contributed by atoms with Gasteiger partial charge in [0.2, 0.25) is 0 Å². The van der Waals surface area contributed by atoms with Gasteiger partial charge in [-0.05, 0) is 44.0 Å². The molecule has 1 unspecified atom stereocenters. The second-order valence-electron chi connectivity index (χ2n) is 5.63. The van der Waals surface area contributed by atoms with E-state index in [0.717, 1.165) is 0 Å². The van der Waals surface area contributed by atoms with Gasteiger partial charge in [-0.15, -0.1) is 0 Å². The molecule has 0 radical (unpaired) electrons. The lowest BCUT2D eigenvalue weighted by molar-refractivity contribution is 0.0519. The number of benzene rings is 1. The predicted octanol–water partition coefficient (Wildman–Crippen LogP) is 2.16. The molecule has 0 saturated heterocycles. The Kier molecular flexibility index (Phi) is 3.15. The summed E-state index contributed by atoms with van der Waals surface area (Å²) in [6, 6.07) is 4.24. The molecule has 0 aromatic heterocycles. The van der Waals surface area contributed by atoms with Gasteiger partial charge in [0, 0.05) is 25.1 Å². The first-order valence-electron chi connectivity index (χ1n) is 6.05. The number of likely N-dealkylation sites (N-methyl/N-ethyl adjacent to an activating group) is 1. The first-order chi connectivity index (χ1) is 8.28. The van der Waals surface area contributed by atoms with Crippen molar-refractivity contribution in [2.45, 2.75) is 31.8 Å². The van der Waals surface area contributed by atoms with E-state index >= 15 is 0 Å². The average molecular weight is 251 g/mol. The van der Waals surface area contributed by atoms with Gasteiger partial charge in [0.1, 0.15) is 5.82 Å². The van der Waals surface area contributed by atoms with Crippen LogP contribution in [0.4, 0.5) is 4.39 Å². The van der Waals surface area contributed by atoms with E-state index in [4.69, 9.17) is 0 Å². The van der Waals surface area contributed by atoms with Gasteiger partial charge in [0.15, 0.2) is 0 Å². The number of aliphatic hydroxyl groups is 1. The van der Waals surface area contributed by atoms with Crippen LogP contribution in [0.25, 0.3) is 0 Å². The van der Waals surface area contributed by atoms with Gasteiger partial charge < -0.3 is 10.0 Å². The van der Waals surface area contributed by atoms with E-state index < -0.39 is 5.60 Å². The molecule has 1 aromatic carbocycles. The van der Waals surface area contributed by atoms with Crippen molar-refractivity contribution in [1.29, 1.82) is 0 Å². The zero-order valence-corrected chi connectivity index (χ0v) is 10.9. The van der Waals surface area contributed by atoms with Crippen LogP contribution in [0.5, 0.6) is 0 Å². The number of hydrogen-bond acceptors (Lipinski definition) is 2. The Morgan fingerprint density at radius 1 is 1.50 bits per heavy atom. The zero-order chi connectivity index (χ0) is 13.5. The van der Waals surface area contributed by atoms with E-state index in [2.05, 4.69) is 0 Å². The molecule has 1 aliphatic heterocycles. The van der Waals surface area contributed by atoms with Crippen molar-refractivity contribution in [3.63, 3.8) is 0 Å². The van der Waals surface area contributed by atoms with Crippen molar-refractivity contribution in [2.24, 2.45) is 0 Å². The minimum absolute atomic E-state index is 0.0293. The molecule has 0 spiro atoms. The topological polar surface area (TPSA) is 40.5 Å². The zero-order valence-electron chi connectivity index (χ0n) is 10.9. The normalized spacial score (nSPS) is 19.9. The van der Waals surface area contributed by atoms with E-state index in [9.17, 15) is 14.3 Å². The van der Waals surface area contributed by atoms with Crippen molar-refractivity contribution >= 4 is 5.91 Å². The van der Waals surface area contributed by atoms with Gasteiger partial charge in [-0.3, -0.25) is 4.79 Å². The van der Waals surface area contributed by atoms with Gasteiger partial charge in [0.05, 0.1) is 5.60 Å². The summed E-state index contributed by atoms with van der Waals surface area (Å²) in [5, 5.41) is 9.92. The molecule has 18 heavy (non-hydrogen) atoms. The number of amides is 1. The van der Waals surface area contributed by atoms with Crippen molar-refractivity contribution in [3.8, 4) is 0 Å². The standard InChI is InChI=1S/C14H18FNO2/c1-14(2,18)7-9-8-16(3)13(17)11-5-4-10(15)6-12(9)11/h4-6,9,18H,7-8H2,1-3H3. The lowest BCUT2D eigenvalue weighted by atomic mass is 9.82. The Bertz CT molecular complexity index is 479. The van der Waals surface area contributed by atoms with Crippen LogP contribution in [0.2, 0.25) is 0 Å². The van der Waals surface area contributed by atoms with Crippen LogP contribution in [0.15, 0.2) is 18.2 Å². The van der Waals surface area contributed by atoms with Gasteiger partial charge in [-0.1, -0.05) is 0 Å². The Morgan fingerprint density at radius 3 is 2.78 bits per heavy atom. The van der Waals surface area contributed by atoms with Crippen LogP contribution in [-0.2, 0) is 0 Å². The summed E-state index contributed by atoms with van der Waals surface area (Å²) in [5.74, 6) is -0.456. The van der Waals surface area contributed by atoms with Crippen LogP contribution >= 0.6 is 0 Å². The lowest BCUT2D eigenvalue weighted by Gasteiger charge is -2.34. The molecular weight excluding hydrogens is 233 g/mol. The second-order valence-corrected chi connectivity index (χ2v) is 5.63. The molecule has 1 atom stereocenters. The van der Waals surface area contributed by atoms with E-state index in [1.807, 2.05) is 0 Å². The predicted molar refractivity (Wildman–Crippen MR) is 67.0 cm³/mol. The minimum Gasteiger partial charge on any atom is -0.390 e. The number of carbonyl (C=O) groups excluding carboxylic acids is 1. The first kappa shape index (κ1) is 13.0. The van der Waals surface area contributed by atoms with Crippen molar-refractivity contribution in [1.82, 2.24) is 4.90 Å². The summed E-state index contributed by atoms with van der Waals surface area (Å²) in [5.41, 5.74) is 0.412. The second kappa shape index (κ2) is 4.35. The van der Waals surface area contributed by atoms with Crippen LogP contribution in [0, 0.1) is 5.82 Å². The lowest BCUT2D eigenvalue weighted by Crippen LogP contribution is -2.39. The Labute approximate surface area is 106 Å². The van der Waals surface area contributed by atoms with Gasteiger partial charge in [-0.2, -0.15) is 0 Å². The van der Waals surface area contributed by atoms with E-state index in [1.54, 1.807) is 25.8 Å². The molecule has 3 nitrogen and oxygen atoms in total. The Hall–Kier alpha value is -1.42. The molecule has 1 N–H and O–H groups in total. The number of hydrogen-bond donors (Lipinski definition) is 1. The molecule has 1 heterocycles. The Balaban J connectivity index is 2.43. The number of fused-ring (bicyclic) bond motifs is 1. The largest absolute Gasteiger partial charge is 0.390 e. The maximum atomic E-state index is 13.3. The van der Waals surface area contributed by atoms with Gasteiger partial charge >= 0.3 is 0 Å². The summed E-state index contributed by atoms with van der Waals surface area (Å²) in [4.78, 5) is 13.6. The highest BCUT2D eigenvalue weighted by Gasteiger charge is 2.32. The summed E-state index contributed by atoms with van der Waals surface area (Å²) >= 11 is 0. The SMILES string of the molecule is CN1CC(CC(C)(C)O)c2cc(F)ccc2C1=O. The molecule has 98 valence electrons. The number of nitrogens with zero attached hydrogens (tertiary/aromatic N) is 1. The number of carbonyl (C=O) groups is 1. The maximum Gasteiger partial charge on any atom is 0.253 e.